The van der Waals surface area contributed by atoms with Gasteiger partial charge < -0.3 is 19.7 Å². The lowest BCUT2D eigenvalue weighted by Gasteiger charge is -2.30. The van der Waals surface area contributed by atoms with E-state index in [0.29, 0.717) is 35.7 Å². The molecule has 7 rings (SSSR count). The third-order valence-electron chi connectivity index (χ3n) is 9.04. The topological polar surface area (TPSA) is 91.4 Å². The first-order chi connectivity index (χ1) is 19.8. The zero-order chi connectivity index (χ0) is 28.4. The van der Waals surface area contributed by atoms with Gasteiger partial charge in [-0.3, -0.25) is 10.00 Å². The molecule has 3 atom stereocenters. The number of fused-ring (bicyclic) bond motifs is 1. The Morgan fingerprint density at radius 1 is 1.15 bits per heavy atom. The summed E-state index contributed by atoms with van der Waals surface area (Å²) in [6.45, 7) is 9.66. The SMILES string of the molecule is Cc1ccc2n[nH]c(C)c2c1-c1c(Cl)c2c3c(nc(O[C@@H](C)[C@@H]4CCCN4C)nc3c1F)N(C1CCNC1)CCO2. The number of likely N-dealkylation sites (tertiary alicyclic amines) is 1. The molecule has 4 aromatic rings. The molecule has 3 aliphatic heterocycles. The summed E-state index contributed by atoms with van der Waals surface area (Å²) in [5.74, 6) is 0.508. The van der Waals surface area contributed by atoms with Gasteiger partial charge >= 0.3 is 6.01 Å². The Balaban J connectivity index is 1.48. The number of benzene rings is 2. The predicted molar refractivity (Wildman–Crippen MR) is 159 cm³/mol. The van der Waals surface area contributed by atoms with Crippen molar-refractivity contribution < 1.29 is 13.9 Å². The first kappa shape index (κ1) is 26.7. The number of H-pyrrole nitrogens is 1. The molecule has 0 saturated carbocycles. The van der Waals surface area contributed by atoms with E-state index in [2.05, 4.69) is 32.4 Å². The number of ether oxygens (including phenoxy) is 2. The minimum Gasteiger partial charge on any atom is -0.489 e. The van der Waals surface area contributed by atoms with Crippen LogP contribution in [0.4, 0.5) is 10.2 Å². The van der Waals surface area contributed by atoms with Gasteiger partial charge in [-0.2, -0.15) is 15.1 Å². The molecule has 2 fully saturated rings. The van der Waals surface area contributed by atoms with E-state index >= 15 is 4.39 Å². The Morgan fingerprint density at radius 3 is 2.76 bits per heavy atom. The Bertz CT molecular complexity index is 1650. The fraction of sp³-hybridized carbons (Fsp3) is 0.500. The number of aromatic amines is 1. The predicted octanol–water partition coefficient (Wildman–Crippen LogP) is 5.00. The molecule has 0 aliphatic carbocycles. The number of aromatic nitrogens is 4. The second kappa shape index (κ2) is 10.3. The molecule has 11 heteroatoms. The molecular weight excluding hydrogens is 545 g/mol. The van der Waals surface area contributed by atoms with E-state index in [0.717, 1.165) is 61.1 Å². The van der Waals surface area contributed by atoms with Crippen LogP contribution in [0.5, 0.6) is 11.8 Å². The Hall–Kier alpha value is -3.21. The van der Waals surface area contributed by atoms with E-state index in [4.69, 9.17) is 31.0 Å². The second-order valence-electron chi connectivity index (χ2n) is 11.6. The summed E-state index contributed by atoms with van der Waals surface area (Å²) in [4.78, 5) is 14.2. The third-order valence-corrected chi connectivity index (χ3v) is 9.40. The summed E-state index contributed by atoms with van der Waals surface area (Å²) in [6, 6.07) is 4.48. The van der Waals surface area contributed by atoms with Crippen LogP contribution in [-0.2, 0) is 0 Å². The lowest BCUT2D eigenvalue weighted by atomic mass is 9.93. The van der Waals surface area contributed by atoms with E-state index in [1.807, 2.05) is 32.9 Å². The van der Waals surface area contributed by atoms with Gasteiger partial charge in [-0.25, -0.2) is 4.39 Å². The number of rotatable bonds is 5. The van der Waals surface area contributed by atoms with Crippen LogP contribution >= 0.6 is 11.6 Å². The summed E-state index contributed by atoms with van der Waals surface area (Å²) in [5.41, 5.74) is 3.56. The minimum atomic E-state index is -0.515. The Kier molecular flexibility index (Phi) is 6.67. The molecule has 2 aromatic carbocycles. The number of aryl methyl sites for hydroxylation is 2. The normalized spacial score (nSPS) is 22.0. The zero-order valence-electron chi connectivity index (χ0n) is 23.9. The molecule has 9 nitrogen and oxygen atoms in total. The second-order valence-corrected chi connectivity index (χ2v) is 12.0. The van der Waals surface area contributed by atoms with Crippen molar-refractivity contribution in [1.82, 2.24) is 30.4 Å². The van der Waals surface area contributed by atoms with Crippen molar-refractivity contribution in [3.05, 3.63) is 34.2 Å². The van der Waals surface area contributed by atoms with Crippen molar-refractivity contribution in [1.29, 1.82) is 0 Å². The maximum atomic E-state index is 17.0. The van der Waals surface area contributed by atoms with Crippen LogP contribution in [0.15, 0.2) is 12.1 Å². The van der Waals surface area contributed by atoms with Crippen molar-refractivity contribution in [2.75, 3.05) is 44.7 Å². The van der Waals surface area contributed by atoms with Gasteiger partial charge in [0.2, 0.25) is 0 Å². The molecule has 0 spiro atoms. The molecule has 2 aromatic heterocycles. The summed E-state index contributed by atoms with van der Waals surface area (Å²) in [6.07, 6.45) is 2.96. The standard InChI is InChI=1S/C30H35ClFN7O2/c1-15-7-8-19-22(16(2)36-37-19)21(15)23-25(31)28-24-27(26(23)32)34-30(41-17(3)20-6-5-11-38(20)4)35-29(24)39(12-13-40-28)18-9-10-33-14-18/h7-8,17-18,20,33H,5-6,9-14H2,1-4H3,(H,36,37)/t17-,18?,20-/m0/s1. The van der Waals surface area contributed by atoms with Crippen LogP contribution in [0.2, 0.25) is 5.02 Å². The summed E-state index contributed by atoms with van der Waals surface area (Å²) in [5, 5.41) is 12.4. The molecular formula is C30H35ClFN7O2. The summed E-state index contributed by atoms with van der Waals surface area (Å²) < 4.78 is 29.8. The van der Waals surface area contributed by atoms with Crippen LogP contribution in [0.25, 0.3) is 32.9 Å². The van der Waals surface area contributed by atoms with Crippen molar-refractivity contribution >= 4 is 39.2 Å². The van der Waals surface area contributed by atoms with Gasteiger partial charge in [0.15, 0.2) is 11.6 Å². The van der Waals surface area contributed by atoms with Gasteiger partial charge in [-0.15, -0.1) is 0 Å². The largest absolute Gasteiger partial charge is 0.489 e. The van der Waals surface area contributed by atoms with Gasteiger partial charge in [0.05, 0.1) is 22.5 Å². The van der Waals surface area contributed by atoms with Crippen molar-refractivity contribution in [2.24, 2.45) is 0 Å². The van der Waals surface area contributed by atoms with E-state index in [-0.39, 0.29) is 40.3 Å². The Labute approximate surface area is 243 Å². The highest BCUT2D eigenvalue weighted by molar-refractivity contribution is 6.37. The molecule has 216 valence electrons. The number of nitrogens with zero attached hydrogens (tertiary/aromatic N) is 5. The van der Waals surface area contributed by atoms with E-state index in [1.165, 1.54) is 0 Å². The summed E-state index contributed by atoms with van der Waals surface area (Å²) in [7, 11) is 2.11. The van der Waals surface area contributed by atoms with Gasteiger partial charge in [-0.05, 0) is 71.8 Å². The highest BCUT2D eigenvalue weighted by atomic mass is 35.5. The Morgan fingerprint density at radius 2 is 2.00 bits per heavy atom. The van der Waals surface area contributed by atoms with Gasteiger partial charge in [0, 0.05) is 40.8 Å². The highest BCUT2D eigenvalue weighted by Gasteiger charge is 2.35. The average molecular weight is 580 g/mol. The maximum absolute atomic E-state index is 17.0. The lowest BCUT2D eigenvalue weighted by Crippen LogP contribution is -2.40. The molecule has 0 radical (unpaired) electrons. The first-order valence-corrected chi connectivity index (χ1v) is 14.9. The number of anilines is 1. The number of halogens is 2. The molecule has 2 N–H and O–H groups in total. The molecule has 0 bridgehead atoms. The number of hydrogen-bond acceptors (Lipinski definition) is 8. The minimum absolute atomic E-state index is 0.154. The van der Waals surface area contributed by atoms with Gasteiger partial charge in [0.1, 0.15) is 24.0 Å². The molecule has 5 heterocycles. The van der Waals surface area contributed by atoms with Crippen molar-refractivity contribution in [3.8, 4) is 22.9 Å². The summed E-state index contributed by atoms with van der Waals surface area (Å²) >= 11 is 7.11. The van der Waals surface area contributed by atoms with Crippen LogP contribution in [0.1, 0.15) is 37.4 Å². The number of hydrogen-bond donors (Lipinski definition) is 2. The van der Waals surface area contributed by atoms with Crippen molar-refractivity contribution in [3.63, 3.8) is 0 Å². The highest BCUT2D eigenvalue weighted by Crippen LogP contribution is 2.50. The third kappa shape index (κ3) is 4.30. The quantitative estimate of drug-likeness (QED) is 0.341. The first-order valence-electron chi connectivity index (χ1n) is 14.5. The fourth-order valence-corrected chi connectivity index (χ4v) is 7.25. The van der Waals surface area contributed by atoms with Gasteiger partial charge in [-0.1, -0.05) is 17.7 Å². The van der Waals surface area contributed by atoms with E-state index in [9.17, 15) is 0 Å². The number of nitrogens with one attached hydrogen (secondary N) is 2. The monoisotopic (exact) mass is 579 g/mol. The molecule has 0 amide bonds. The van der Waals surface area contributed by atoms with Gasteiger partial charge in [0.25, 0.3) is 0 Å². The van der Waals surface area contributed by atoms with Crippen LogP contribution < -0.4 is 19.7 Å². The molecule has 41 heavy (non-hydrogen) atoms. The van der Waals surface area contributed by atoms with E-state index < -0.39 is 5.82 Å². The van der Waals surface area contributed by atoms with E-state index in [1.54, 1.807) is 0 Å². The lowest BCUT2D eigenvalue weighted by molar-refractivity contribution is 0.112. The molecule has 1 unspecified atom stereocenters. The van der Waals surface area contributed by atoms with Crippen LogP contribution in [0.3, 0.4) is 0 Å². The fourth-order valence-electron chi connectivity index (χ4n) is 6.93. The number of likely N-dealkylation sites (N-methyl/N-ethyl adjacent to an activating group) is 1. The molecule has 3 aliphatic rings. The average Bonchev–Trinajstić information content (AvgIpc) is 3.69. The maximum Gasteiger partial charge on any atom is 0.319 e. The van der Waals surface area contributed by atoms with Crippen molar-refractivity contribution in [2.45, 2.75) is 58.2 Å². The zero-order valence-corrected chi connectivity index (χ0v) is 24.6. The van der Waals surface area contributed by atoms with Crippen LogP contribution in [-0.4, -0.2) is 83.1 Å². The van der Waals surface area contributed by atoms with Crippen LogP contribution in [0, 0.1) is 19.7 Å². The smallest absolute Gasteiger partial charge is 0.319 e. The molecule has 2 saturated heterocycles.